The molecule has 0 saturated carbocycles. The molecule has 0 heterocycles. The molecule has 0 bridgehead atoms. The van der Waals surface area contributed by atoms with E-state index in [1.807, 2.05) is 0 Å². The van der Waals surface area contributed by atoms with E-state index in [0.717, 1.165) is 18.2 Å². The van der Waals surface area contributed by atoms with Gasteiger partial charge in [0.1, 0.15) is 17.2 Å². The van der Waals surface area contributed by atoms with E-state index in [0.29, 0.717) is 0 Å². The van der Waals surface area contributed by atoms with Crippen LogP contribution in [0.25, 0.3) is 0 Å². The van der Waals surface area contributed by atoms with Crippen molar-refractivity contribution in [2.75, 3.05) is 19.6 Å². The van der Waals surface area contributed by atoms with Crippen molar-refractivity contribution in [2.24, 2.45) is 11.7 Å². The van der Waals surface area contributed by atoms with E-state index in [-0.39, 0.29) is 38.0 Å². The summed E-state index contributed by atoms with van der Waals surface area (Å²) in [5.74, 6) is -3.82. The average Bonchev–Trinajstić information content (AvgIpc) is 2.55. The molecule has 146 valence electrons. The SMILES string of the molecule is CC(C)[C@H](N)C(=O)NCC(=O)NCCNC(=O)c1c(F)cccc1F.Cl. The largest absolute Gasteiger partial charge is 0.353 e. The van der Waals surface area contributed by atoms with Gasteiger partial charge in [-0.25, -0.2) is 8.78 Å². The maximum Gasteiger partial charge on any atom is 0.257 e. The third kappa shape index (κ3) is 7.32. The number of carbonyl (C=O) groups is 3. The number of amides is 3. The minimum Gasteiger partial charge on any atom is -0.353 e. The van der Waals surface area contributed by atoms with E-state index in [1.165, 1.54) is 0 Å². The van der Waals surface area contributed by atoms with E-state index in [2.05, 4.69) is 16.0 Å². The van der Waals surface area contributed by atoms with Crippen molar-refractivity contribution in [3.05, 3.63) is 35.4 Å². The molecule has 0 aliphatic heterocycles. The number of nitrogens with one attached hydrogen (secondary N) is 3. The predicted molar refractivity (Wildman–Crippen MR) is 94.8 cm³/mol. The lowest BCUT2D eigenvalue weighted by atomic mass is 10.1. The molecule has 0 fully saturated rings. The third-order valence-corrected chi connectivity index (χ3v) is 3.37. The molecule has 26 heavy (non-hydrogen) atoms. The lowest BCUT2D eigenvalue weighted by Gasteiger charge is -2.15. The molecule has 1 aromatic rings. The Morgan fingerprint density at radius 1 is 1.04 bits per heavy atom. The van der Waals surface area contributed by atoms with E-state index < -0.39 is 41.0 Å². The zero-order chi connectivity index (χ0) is 19.0. The lowest BCUT2D eigenvalue weighted by Crippen LogP contribution is -2.47. The number of halogens is 3. The summed E-state index contributed by atoms with van der Waals surface area (Å²) in [6.07, 6.45) is 0. The monoisotopic (exact) mass is 392 g/mol. The van der Waals surface area contributed by atoms with Crippen LogP contribution in [-0.4, -0.2) is 43.4 Å². The first kappa shape index (κ1) is 23.7. The number of hydrogen-bond acceptors (Lipinski definition) is 4. The molecule has 0 spiro atoms. The molecule has 0 aliphatic carbocycles. The Kier molecular flexibility index (Phi) is 10.4. The fourth-order valence-electron chi connectivity index (χ4n) is 1.83. The molecule has 1 rings (SSSR count). The molecule has 5 N–H and O–H groups in total. The first-order valence-electron chi connectivity index (χ1n) is 7.76. The molecule has 0 aromatic heterocycles. The maximum atomic E-state index is 13.4. The van der Waals surface area contributed by atoms with Crippen LogP contribution in [0.15, 0.2) is 18.2 Å². The van der Waals surface area contributed by atoms with Crippen LogP contribution in [0.5, 0.6) is 0 Å². The van der Waals surface area contributed by atoms with Gasteiger partial charge in [-0.15, -0.1) is 12.4 Å². The van der Waals surface area contributed by atoms with Crippen LogP contribution < -0.4 is 21.7 Å². The minimum atomic E-state index is -0.967. The second-order valence-electron chi connectivity index (χ2n) is 5.69. The molecule has 10 heteroatoms. The summed E-state index contributed by atoms with van der Waals surface area (Å²) in [5, 5.41) is 7.13. The highest BCUT2D eigenvalue weighted by atomic mass is 35.5. The van der Waals surface area contributed by atoms with Crippen molar-refractivity contribution in [2.45, 2.75) is 19.9 Å². The summed E-state index contributed by atoms with van der Waals surface area (Å²) in [5.41, 5.74) is 4.95. The molecular formula is C16H23ClF2N4O3. The number of benzene rings is 1. The Morgan fingerprint density at radius 3 is 2.12 bits per heavy atom. The van der Waals surface area contributed by atoms with Gasteiger partial charge in [-0.05, 0) is 18.1 Å². The van der Waals surface area contributed by atoms with Crippen molar-refractivity contribution in [3.8, 4) is 0 Å². The molecule has 0 saturated heterocycles. The van der Waals surface area contributed by atoms with Crippen molar-refractivity contribution in [1.29, 1.82) is 0 Å². The molecule has 0 radical (unpaired) electrons. The number of nitrogens with two attached hydrogens (primary N) is 1. The van der Waals surface area contributed by atoms with Crippen LogP contribution in [0.2, 0.25) is 0 Å². The summed E-state index contributed by atoms with van der Waals surface area (Å²) in [6.45, 7) is 3.32. The van der Waals surface area contributed by atoms with Crippen LogP contribution >= 0.6 is 12.4 Å². The Labute approximate surface area is 156 Å². The van der Waals surface area contributed by atoms with Gasteiger partial charge in [0.05, 0.1) is 12.6 Å². The van der Waals surface area contributed by atoms with Gasteiger partial charge in [-0.2, -0.15) is 0 Å². The molecular weight excluding hydrogens is 370 g/mol. The number of carbonyl (C=O) groups excluding carboxylic acids is 3. The van der Waals surface area contributed by atoms with E-state index in [9.17, 15) is 23.2 Å². The zero-order valence-electron chi connectivity index (χ0n) is 14.5. The maximum absolute atomic E-state index is 13.4. The Hall–Kier alpha value is -2.26. The zero-order valence-corrected chi connectivity index (χ0v) is 15.3. The van der Waals surface area contributed by atoms with Gasteiger partial charge in [0.2, 0.25) is 11.8 Å². The fourth-order valence-corrected chi connectivity index (χ4v) is 1.83. The lowest BCUT2D eigenvalue weighted by molar-refractivity contribution is -0.127. The first-order valence-corrected chi connectivity index (χ1v) is 7.76. The third-order valence-electron chi connectivity index (χ3n) is 3.37. The van der Waals surface area contributed by atoms with Crippen LogP contribution in [0.3, 0.4) is 0 Å². The standard InChI is InChI=1S/C16H22F2N4O3.ClH/c1-9(2)14(19)16(25)22-8-12(23)20-6-7-21-15(24)13-10(17)4-3-5-11(13)18;/h3-5,9,14H,6-8,19H2,1-2H3,(H,20,23)(H,21,24)(H,22,25);1H/t14-;/m0./s1. The second-order valence-corrected chi connectivity index (χ2v) is 5.69. The first-order chi connectivity index (χ1) is 11.7. The van der Waals surface area contributed by atoms with E-state index in [1.54, 1.807) is 13.8 Å². The molecule has 7 nitrogen and oxygen atoms in total. The van der Waals surface area contributed by atoms with Crippen LogP contribution in [0.4, 0.5) is 8.78 Å². The van der Waals surface area contributed by atoms with Crippen LogP contribution in [0, 0.1) is 17.6 Å². The Morgan fingerprint density at radius 2 is 1.58 bits per heavy atom. The minimum absolute atomic E-state index is 0. The van der Waals surface area contributed by atoms with Crippen LogP contribution in [0.1, 0.15) is 24.2 Å². The highest BCUT2D eigenvalue weighted by Gasteiger charge is 2.18. The van der Waals surface area contributed by atoms with Gasteiger partial charge in [0.25, 0.3) is 5.91 Å². The van der Waals surface area contributed by atoms with Crippen molar-refractivity contribution in [3.63, 3.8) is 0 Å². The van der Waals surface area contributed by atoms with E-state index in [4.69, 9.17) is 5.73 Å². The van der Waals surface area contributed by atoms with Crippen molar-refractivity contribution < 1.29 is 23.2 Å². The van der Waals surface area contributed by atoms with E-state index >= 15 is 0 Å². The van der Waals surface area contributed by atoms with Crippen LogP contribution in [-0.2, 0) is 9.59 Å². The predicted octanol–water partition coefficient (Wildman–Crippen LogP) is 0.332. The Balaban J connectivity index is 0.00000625. The summed E-state index contributed by atoms with van der Waals surface area (Å²) in [6, 6.07) is 2.40. The average molecular weight is 393 g/mol. The Bertz CT molecular complexity index is 624. The second kappa shape index (κ2) is 11.4. The molecule has 0 unspecified atom stereocenters. The highest BCUT2D eigenvalue weighted by Crippen LogP contribution is 2.11. The summed E-state index contributed by atoms with van der Waals surface area (Å²) < 4.78 is 26.8. The van der Waals surface area contributed by atoms with Gasteiger partial charge >= 0.3 is 0 Å². The fraction of sp³-hybridized carbons (Fsp3) is 0.438. The normalized spacial score (nSPS) is 11.3. The number of rotatable bonds is 8. The van der Waals surface area contributed by atoms with Gasteiger partial charge in [-0.3, -0.25) is 14.4 Å². The molecule has 0 aliphatic rings. The van der Waals surface area contributed by atoms with Gasteiger partial charge in [0, 0.05) is 13.1 Å². The van der Waals surface area contributed by atoms with Crippen molar-refractivity contribution in [1.82, 2.24) is 16.0 Å². The van der Waals surface area contributed by atoms with Gasteiger partial charge < -0.3 is 21.7 Å². The van der Waals surface area contributed by atoms with Gasteiger partial charge in [0.15, 0.2) is 0 Å². The topological polar surface area (TPSA) is 113 Å². The summed E-state index contributed by atoms with van der Waals surface area (Å²) >= 11 is 0. The molecule has 1 aromatic carbocycles. The van der Waals surface area contributed by atoms with Gasteiger partial charge in [-0.1, -0.05) is 19.9 Å². The quantitative estimate of drug-likeness (QED) is 0.477. The molecule has 1 atom stereocenters. The highest BCUT2D eigenvalue weighted by molar-refractivity contribution is 5.94. The summed E-state index contributed by atoms with van der Waals surface area (Å²) in [7, 11) is 0. The number of hydrogen-bond donors (Lipinski definition) is 4. The molecule has 3 amide bonds. The smallest absolute Gasteiger partial charge is 0.257 e. The summed E-state index contributed by atoms with van der Waals surface area (Å²) in [4.78, 5) is 34.9. The van der Waals surface area contributed by atoms with Crippen molar-refractivity contribution >= 4 is 30.1 Å².